The van der Waals surface area contributed by atoms with Gasteiger partial charge in [0.15, 0.2) is 6.10 Å². The molecule has 0 bridgehead atoms. The lowest BCUT2D eigenvalue weighted by molar-refractivity contribution is -0.286. The largest absolute Gasteiger partial charge is 0.497 e. The van der Waals surface area contributed by atoms with Crippen molar-refractivity contribution in [1.82, 2.24) is 0 Å². The highest BCUT2D eigenvalue weighted by Gasteiger charge is 2.48. The van der Waals surface area contributed by atoms with Crippen LogP contribution in [-0.4, -0.2) is 70.2 Å². The lowest BCUT2D eigenvalue weighted by atomic mass is 9.97. The van der Waals surface area contributed by atoms with Crippen molar-refractivity contribution in [2.75, 3.05) is 7.11 Å². The number of rotatable bonds is 5. The third-order valence-corrected chi connectivity index (χ3v) is 4.97. The Hall–Kier alpha value is -2.72. The highest BCUT2D eigenvalue weighted by molar-refractivity contribution is 5.86. The van der Waals surface area contributed by atoms with Crippen molar-refractivity contribution in [3.63, 3.8) is 0 Å². The quantitative estimate of drug-likeness (QED) is 0.518. The Morgan fingerprint density at radius 2 is 1.66 bits per heavy atom. The van der Waals surface area contributed by atoms with E-state index in [1.807, 2.05) is 18.2 Å². The standard InChI is InChI=1S/C20H22O9/c1-9(10-3-4-12-8-13(27-2)6-5-11(12)7-10)19(26)29-20-16(23)14(21)15(22)17(28-20)18(24)25/h3-9,14-17,20-23H,1-2H3,(H,24,25)/t9-,14+,15+,16+,17?,20+/m0/s1. The Kier molecular flexibility index (Phi) is 6.04. The molecule has 0 aliphatic carbocycles. The number of carbonyl (C=O) groups excluding carboxylic acids is 1. The van der Waals surface area contributed by atoms with Crippen molar-refractivity contribution in [3.8, 4) is 5.75 Å². The zero-order valence-corrected chi connectivity index (χ0v) is 15.8. The predicted molar refractivity (Wildman–Crippen MR) is 99.3 cm³/mol. The normalized spacial score (nSPS) is 28.0. The SMILES string of the molecule is COc1ccc2cc([C@H](C)C(=O)O[C@H]3OC(C(=O)O)[C@H](O)[C@@H](O)[C@H]3O)ccc2c1. The van der Waals surface area contributed by atoms with Gasteiger partial charge in [0.25, 0.3) is 0 Å². The van der Waals surface area contributed by atoms with Crippen molar-refractivity contribution in [1.29, 1.82) is 0 Å². The minimum Gasteiger partial charge on any atom is -0.497 e. The topological polar surface area (TPSA) is 143 Å². The molecule has 0 spiro atoms. The first-order chi connectivity index (χ1) is 13.7. The number of carboxylic acid groups (broad SMARTS) is 1. The van der Waals surface area contributed by atoms with Gasteiger partial charge in [0.1, 0.15) is 24.1 Å². The van der Waals surface area contributed by atoms with E-state index < -0.39 is 48.6 Å². The van der Waals surface area contributed by atoms with E-state index in [1.165, 1.54) is 0 Å². The van der Waals surface area contributed by atoms with Crippen LogP contribution in [-0.2, 0) is 19.1 Å². The second-order valence-electron chi connectivity index (χ2n) is 6.87. The molecular formula is C20H22O9. The fourth-order valence-electron chi connectivity index (χ4n) is 3.14. The van der Waals surface area contributed by atoms with Gasteiger partial charge in [0.05, 0.1) is 13.0 Å². The molecule has 2 aromatic carbocycles. The van der Waals surface area contributed by atoms with Gasteiger partial charge < -0.3 is 34.6 Å². The van der Waals surface area contributed by atoms with Crippen molar-refractivity contribution in [3.05, 3.63) is 42.0 Å². The van der Waals surface area contributed by atoms with Crippen LogP contribution in [0.5, 0.6) is 5.75 Å². The van der Waals surface area contributed by atoms with Gasteiger partial charge >= 0.3 is 11.9 Å². The monoisotopic (exact) mass is 406 g/mol. The Balaban J connectivity index is 1.76. The van der Waals surface area contributed by atoms with Crippen LogP contribution >= 0.6 is 0 Å². The van der Waals surface area contributed by atoms with Crippen molar-refractivity contribution in [2.24, 2.45) is 0 Å². The molecule has 1 fully saturated rings. The number of benzene rings is 2. The van der Waals surface area contributed by atoms with Crippen molar-refractivity contribution in [2.45, 2.75) is 43.5 Å². The van der Waals surface area contributed by atoms with E-state index >= 15 is 0 Å². The summed E-state index contributed by atoms with van der Waals surface area (Å²) in [4.78, 5) is 23.7. The number of methoxy groups -OCH3 is 1. The Morgan fingerprint density at radius 3 is 2.31 bits per heavy atom. The summed E-state index contributed by atoms with van der Waals surface area (Å²) in [5, 5.41) is 40.3. The molecule has 0 aromatic heterocycles. The fraction of sp³-hybridized carbons (Fsp3) is 0.400. The number of ether oxygens (including phenoxy) is 3. The number of aliphatic carboxylic acids is 1. The highest BCUT2D eigenvalue weighted by Crippen LogP contribution is 2.28. The van der Waals surface area contributed by atoms with E-state index in [0.717, 1.165) is 10.8 Å². The summed E-state index contributed by atoms with van der Waals surface area (Å²) in [6.45, 7) is 1.59. The maximum absolute atomic E-state index is 12.5. The van der Waals surface area contributed by atoms with Gasteiger partial charge in [-0.05, 0) is 35.4 Å². The molecule has 1 heterocycles. The summed E-state index contributed by atoms with van der Waals surface area (Å²) in [6, 6.07) is 10.9. The van der Waals surface area contributed by atoms with E-state index in [2.05, 4.69) is 0 Å². The first-order valence-electron chi connectivity index (χ1n) is 8.93. The van der Waals surface area contributed by atoms with Crippen LogP contribution in [0.15, 0.2) is 36.4 Å². The molecule has 4 N–H and O–H groups in total. The van der Waals surface area contributed by atoms with Crippen molar-refractivity contribution >= 4 is 22.7 Å². The minimum absolute atomic E-state index is 0.633. The number of hydrogen-bond acceptors (Lipinski definition) is 8. The van der Waals surface area contributed by atoms with Gasteiger partial charge in [-0.3, -0.25) is 4.79 Å². The van der Waals surface area contributed by atoms with Crippen LogP contribution in [0.4, 0.5) is 0 Å². The van der Waals surface area contributed by atoms with E-state index in [1.54, 1.807) is 32.2 Å². The molecule has 0 radical (unpaired) electrons. The molecule has 29 heavy (non-hydrogen) atoms. The summed E-state index contributed by atoms with van der Waals surface area (Å²) in [5.74, 6) is -2.39. The van der Waals surface area contributed by atoms with Gasteiger partial charge in [0.2, 0.25) is 6.29 Å². The van der Waals surface area contributed by atoms with Gasteiger partial charge in [-0.1, -0.05) is 24.3 Å². The summed E-state index contributed by atoms with van der Waals surface area (Å²) < 4.78 is 15.3. The number of aliphatic hydroxyl groups is 3. The lowest BCUT2D eigenvalue weighted by Gasteiger charge is -2.38. The van der Waals surface area contributed by atoms with Crippen LogP contribution in [0.25, 0.3) is 10.8 Å². The molecule has 1 aliphatic rings. The van der Waals surface area contributed by atoms with E-state index in [0.29, 0.717) is 11.3 Å². The second-order valence-corrected chi connectivity index (χ2v) is 6.87. The average molecular weight is 406 g/mol. The molecule has 156 valence electrons. The number of hydrogen-bond donors (Lipinski definition) is 4. The Labute approximate surface area is 166 Å². The smallest absolute Gasteiger partial charge is 0.335 e. The molecule has 6 atom stereocenters. The zero-order chi connectivity index (χ0) is 21.3. The summed E-state index contributed by atoms with van der Waals surface area (Å²) >= 11 is 0. The van der Waals surface area contributed by atoms with Crippen molar-refractivity contribution < 1.29 is 44.2 Å². The van der Waals surface area contributed by atoms with Gasteiger partial charge in [-0.2, -0.15) is 0 Å². The Morgan fingerprint density at radius 1 is 1.00 bits per heavy atom. The zero-order valence-electron chi connectivity index (χ0n) is 15.8. The lowest BCUT2D eigenvalue weighted by Crippen LogP contribution is -2.60. The molecule has 0 saturated carbocycles. The van der Waals surface area contributed by atoms with Gasteiger partial charge in [-0.15, -0.1) is 0 Å². The maximum Gasteiger partial charge on any atom is 0.335 e. The number of carboxylic acids is 1. The molecule has 9 heteroatoms. The number of esters is 1. The number of carbonyl (C=O) groups is 2. The second kappa shape index (κ2) is 8.34. The van der Waals surface area contributed by atoms with Gasteiger partial charge in [0, 0.05) is 0 Å². The molecular weight excluding hydrogens is 384 g/mol. The number of aliphatic hydroxyl groups excluding tert-OH is 3. The van der Waals surface area contributed by atoms with Crippen LogP contribution in [0.1, 0.15) is 18.4 Å². The molecule has 1 saturated heterocycles. The van der Waals surface area contributed by atoms with E-state index in [9.17, 15) is 24.9 Å². The minimum atomic E-state index is -1.85. The van der Waals surface area contributed by atoms with Crippen LogP contribution in [0, 0.1) is 0 Å². The highest BCUT2D eigenvalue weighted by atomic mass is 16.7. The first-order valence-corrected chi connectivity index (χ1v) is 8.93. The molecule has 2 aromatic rings. The third kappa shape index (κ3) is 4.18. The first kappa shape index (κ1) is 21.0. The van der Waals surface area contributed by atoms with E-state index in [-0.39, 0.29) is 0 Å². The molecule has 9 nitrogen and oxygen atoms in total. The Bertz CT molecular complexity index is 912. The summed E-state index contributed by atoms with van der Waals surface area (Å²) in [6.07, 6.45) is -9.05. The van der Waals surface area contributed by atoms with Crippen LogP contribution in [0.2, 0.25) is 0 Å². The predicted octanol–water partition coefficient (Wildman–Crippen LogP) is 0.387. The fourth-order valence-corrected chi connectivity index (χ4v) is 3.14. The number of fused-ring (bicyclic) bond motifs is 1. The molecule has 3 rings (SSSR count). The van der Waals surface area contributed by atoms with Crippen LogP contribution in [0.3, 0.4) is 0 Å². The van der Waals surface area contributed by atoms with Gasteiger partial charge in [-0.25, -0.2) is 4.79 Å². The summed E-state index contributed by atoms with van der Waals surface area (Å²) in [7, 11) is 1.57. The molecule has 0 amide bonds. The third-order valence-electron chi connectivity index (χ3n) is 4.97. The molecule has 1 unspecified atom stereocenters. The maximum atomic E-state index is 12.5. The van der Waals surface area contributed by atoms with Crippen LogP contribution < -0.4 is 4.74 Å². The average Bonchev–Trinajstić information content (AvgIpc) is 2.72. The molecule has 1 aliphatic heterocycles. The summed E-state index contributed by atoms with van der Waals surface area (Å²) in [5.41, 5.74) is 0.633. The van der Waals surface area contributed by atoms with E-state index in [4.69, 9.17) is 19.3 Å².